The van der Waals surface area contributed by atoms with Gasteiger partial charge in [-0.3, -0.25) is 5.41 Å². The zero-order valence-corrected chi connectivity index (χ0v) is 21.2. The summed E-state index contributed by atoms with van der Waals surface area (Å²) >= 11 is 0. The molecule has 0 spiro atoms. The highest BCUT2D eigenvalue weighted by molar-refractivity contribution is 8.76. The zero-order chi connectivity index (χ0) is 26.3. The number of carbonyl (C=O) groups excluding carboxylic acids is 1. The molecule has 0 saturated carbocycles. The third-order valence-electron chi connectivity index (χ3n) is 3.94. The summed E-state index contributed by atoms with van der Waals surface area (Å²) in [5.74, 6) is 0.733. The molecule has 1 amide bonds. The molecule has 0 aromatic heterocycles. The summed E-state index contributed by atoms with van der Waals surface area (Å²) in [6, 6.07) is 14.7. The van der Waals surface area contributed by atoms with Crippen LogP contribution in [0.3, 0.4) is 0 Å². The van der Waals surface area contributed by atoms with Crippen LogP contribution in [-0.4, -0.2) is 62.2 Å². The SMILES string of the molecule is C=C(C(=N)c1ccc(S(=O)(=O)NC(=O)OCCSSCCO[N+](=O)[O-])cc1)c1ccccc1.CO. The number of sulfonamides is 1. The molecule has 0 aliphatic carbocycles. The van der Waals surface area contributed by atoms with Crippen molar-refractivity contribution in [2.45, 2.75) is 4.90 Å². The summed E-state index contributed by atoms with van der Waals surface area (Å²) in [5.41, 5.74) is 1.90. The van der Waals surface area contributed by atoms with Crippen LogP contribution < -0.4 is 4.72 Å². The fourth-order valence-electron chi connectivity index (χ4n) is 2.39. The van der Waals surface area contributed by atoms with E-state index in [1.807, 2.05) is 35.1 Å². The maximum Gasteiger partial charge on any atom is 0.421 e. The van der Waals surface area contributed by atoms with Gasteiger partial charge in [0.2, 0.25) is 0 Å². The number of aliphatic hydroxyl groups is 1. The second-order valence-corrected chi connectivity index (χ2v) is 10.6. The molecular weight excluding hydrogens is 518 g/mol. The van der Waals surface area contributed by atoms with Crippen LogP contribution in [0.5, 0.6) is 0 Å². The van der Waals surface area contributed by atoms with Gasteiger partial charge in [-0.25, -0.2) is 17.9 Å². The molecule has 0 unspecified atom stereocenters. The number of rotatable bonds is 13. The van der Waals surface area contributed by atoms with Crippen LogP contribution in [0.1, 0.15) is 11.1 Å². The van der Waals surface area contributed by atoms with E-state index in [9.17, 15) is 23.3 Å². The average Bonchev–Trinajstić information content (AvgIpc) is 2.86. The summed E-state index contributed by atoms with van der Waals surface area (Å²) in [7, 11) is -0.554. The van der Waals surface area contributed by atoms with Crippen molar-refractivity contribution in [1.29, 1.82) is 5.41 Å². The average molecular weight is 544 g/mol. The number of hydrogen-bond acceptors (Lipinski definition) is 11. The van der Waals surface area contributed by atoms with Crippen molar-refractivity contribution in [2.75, 3.05) is 31.8 Å². The molecule has 2 aromatic carbocycles. The minimum Gasteiger partial charge on any atom is -0.448 e. The van der Waals surface area contributed by atoms with E-state index in [-0.39, 0.29) is 23.8 Å². The first-order valence-corrected chi connectivity index (χ1v) is 13.8. The number of ether oxygens (including phenoxy) is 1. The van der Waals surface area contributed by atoms with Crippen molar-refractivity contribution < 1.29 is 33.0 Å². The summed E-state index contributed by atoms with van der Waals surface area (Å²) in [4.78, 5) is 25.8. The molecule has 14 heteroatoms. The molecule has 0 aliphatic rings. The predicted octanol–water partition coefficient (Wildman–Crippen LogP) is 3.38. The number of amides is 1. The molecule has 11 nitrogen and oxygen atoms in total. The molecule has 3 N–H and O–H groups in total. The third-order valence-corrected chi connectivity index (χ3v) is 7.60. The van der Waals surface area contributed by atoms with Crippen LogP contribution in [0, 0.1) is 15.5 Å². The van der Waals surface area contributed by atoms with Gasteiger partial charge < -0.3 is 14.7 Å². The highest BCUT2D eigenvalue weighted by Gasteiger charge is 2.19. The van der Waals surface area contributed by atoms with Crippen LogP contribution in [0.15, 0.2) is 66.1 Å². The number of carbonyl (C=O) groups is 1. The molecule has 0 radical (unpaired) electrons. The van der Waals surface area contributed by atoms with Crippen LogP contribution in [-0.2, 0) is 19.6 Å². The Labute approximate surface area is 211 Å². The Bertz CT molecular complexity index is 1090. The topological polar surface area (TPSA) is 169 Å². The number of nitrogens with one attached hydrogen (secondary N) is 2. The first-order chi connectivity index (χ1) is 16.7. The molecule has 35 heavy (non-hydrogen) atoms. The summed E-state index contributed by atoms with van der Waals surface area (Å²) in [5, 5.41) is 24.4. The number of benzene rings is 2. The van der Waals surface area contributed by atoms with Crippen molar-refractivity contribution in [3.8, 4) is 0 Å². The van der Waals surface area contributed by atoms with Gasteiger partial charge in [0.15, 0.2) is 0 Å². The summed E-state index contributed by atoms with van der Waals surface area (Å²) in [6.45, 7) is 3.82. The highest BCUT2D eigenvalue weighted by atomic mass is 33.1. The maximum atomic E-state index is 12.4. The van der Waals surface area contributed by atoms with Crippen LogP contribution in [0.4, 0.5) is 4.79 Å². The number of nitrogens with zero attached hydrogens (tertiary/aromatic N) is 1. The van der Waals surface area contributed by atoms with Crippen molar-refractivity contribution in [2.24, 2.45) is 0 Å². The van der Waals surface area contributed by atoms with E-state index in [1.165, 1.54) is 45.9 Å². The van der Waals surface area contributed by atoms with E-state index in [0.717, 1.165) is 12.7 Å². The van der Waals surface area contributed by atoms with Gasteiger partial charge in [0.1, 0.15) is 13.2 Å². The lowest BCUT2D eigenvalue weighted by atomic mass is 9.98. The molecule has 2 rings (SSSR count). The second-order valence-electron chi connectivity index (χ2n) is 6.19. The van der Waals surface area contributed by atoms with Gasteiger partial charge in [-0.1, -0.05) is 70.6 Å². The molecule has 0 saturated heterocycles. The summed E-state index contributed by atoms with van der Waals surface area (Å²) < 4.78 is 31.4. The second kappa shape index (κ2) is 15.8. The van der Waals surface area contributed by atoms with Crippen molar-refractivity contribution in [1.82, 2.24) is 4.72 Å². The smallest absolute Gasteiger partial charge is 0.421 e. The third kappa shape index (κ3) is 10.8. The molecule has 0 bridgehead atoms. The lowest BCUT2D eigenvalue weighted by Crippen LogP contribution is -2.31. The monoisotopic (exact) mass is 543 g/mol. The van der Waals surface area contributed by atoms with E-state index < -0.39 is 21.2 Å². The summed E-state index contributed by atoms with van der Waals surface area (Å²) in [6.07, 6.45) is -1.12. The fraction of sp³-hybridized carbons (Fsp3) is 0.238. The minimum atomic E-state index is -4.15. The van der Waals surface area contributed by atoms with E-state index >= 15 is 0 Å². The Morgan fingerprint density at radius 2 is 1.63 bits per heavy atom. The van der Waals surface area contributed by atoms with E-state index in [4.69, 9.17) is 15.3 Å². The van der Waals surface area contributed by atoms with Gasteiger partial charge in [0, 0.05) is 29.8 Å². The molecule has 0 fully saturated rings. The first-order valence-electron chi connectivity index (χ1n) is 9.80. The molecule has 0 atom stereocenters. The number of aliphatic hydroxyl groups excluding tert-OH is 1. The Kier molecular flexibility index (Phi) is 13.5. The largest absolute Gasteiger partial charge is 0.448 e. The quantitative estimate of drug-likeness (QED) is 0.112. The standard InChI is InChI=1S/C20H21N3O7S3.CH4O/c1-15(16-5-3-2-4-6-16)19(21)17-7-9-18(10-8-17)33(27,28)22-20(24)29-11-13-31-32-14-12-30-23(25)26;1-2/h2-10,21H,1,11-14H2,(H,22,24);2H,1H3. The normalized spacial score (nSPS) is 10.3. The Morgan fingerprint density at radius 1 is 1.06 bits per heavy atom. The number of allylic oxidation sites excluding steroid dienone is 1. The van der Waals surface area contributed by atoms with Crippen LogP contribution >= 0.6 is 21.6 Å². The molecule has 190 valence electrons. The zero-order valence-electron chi connectivity index (χ0n) is 18.7. The van der Waals surface area contributed by atoms with Gasteiger partial charge in [-0.05, 0) is 17.7 Å². The predicted molar refractivity (Wildman–Crippen MR) is 136 cm³/mol. The molecule has 0 heterocycles. The Balaban J connectivity index is 0.00000298. The van der Waals surface area contributed by atoms with Gasteiger partial charge >= 0.3 is 6.09 Å². The first kappa shape index (κ1) is 30.0. The van der Waals surface area contributed by atoms with Crippen LogP contribution in [0.25, 0.3) is 5.57 Å². The molecule has 0 aliphatic heterocycles. The van der Waals surface area contributed by atoms with Gasteiger partial charge in [-0.2, -0.15) is 0 Å². The van der Waals surface area contributed by atoms with E-state index in [1.54, 1.807) is 0 Å². The Hall–Kier alpha value is -3.07. The minimum absolute atomic E-state index is 0.0488. The Morgan fingerprint density at radius 3 is 2.20 bits per heavy atom. The van der Waals surface area contributed by atoms with E-state index in [2.05, 4.69) is 11.4 Å². The van der Waals surface area contributed by atoms with Crippen molar-refractivity contribution >= 4 is 49.0 Å². The highest BCUT2D eigenvalue weighted by Crippen LogP contribution is 2.21. The van der Waals surface area contributed by atoms with Gasteiger partial charge in [0.05, 0.1) is 10.6 Å². The molecule has 2 aromatic rings. The van der Waals surface area contributed by atoms with Crippen LogP contribution in [0.2, 0.25) is 0 Å². The lowest BCUT2D eigenvalue weighted by molar-refractivity contribution is -0.756. The van der Waals surface area contributed by atoms with E-state index in [0.29, 0.717) is 22.6 Å². The molecular formula is C21H25N3O8S3. The number of hydrogen-bond donors (Lipinski definition) is 3. The maximum absolute atomic E-state index is 12.4. The van der Waals surface area contributed by atoms with Crippen molar-refractivity contribution in [3.05, 3.63) is 82.4 Å². The van der Waals surface area contributed by atoms with Gasteiger partial charge in [0.25, 0.3) is 15.1 Å². The van der Waals surface area contributed by atoms with Gasteiger partial charge in [-0.15, -0.1) is 10.1 Å². The fourth-order valence-corrected chi connectivity index (χ4v) is 4.92. The van der Waals surface area contributed by atoms with Crippen molar-refractivity contribution in [3.63, 3.8) is 0 Å². The lowest BCUT2D eigenvalue weighted by Gasteiger charge is -2.10.